The number of alkyl halides is 2. The van der Waals surface area contributed by atoms with Gasteiger partial charge < -0.3 is 5.32 Å². The van der Waals surface area contributed by atoms with Crippen LogP contribution in [-0.4, -0.2) is 29.4 Å². The molecule has 2 rings (SSSR count). The monoisotopic (exact) mass is 339 g/mol. The van der Waals surface area contributed by atoms with Crippen molar-refractivity contribution in [3.05, 3.63) is 15.6 Å². The van der Waals surface area contributed by atoms with E-state index in [1.54, 1.807) is 0 Å². The third-order valence-electron chi connectivity index (χ3n) is 3.26. The smallest absolute Gasteiger partial charge is 0.262 e. The molecule has 8 heteroatoms. The topological polar surface area (TPSA) is 54.0 Å². The van der Waals surface area contributed by atoms with E-state index in [2.05, 4.69) is 29.5 Å². The van der Waals surface area contributed by atoms with Crippen LogP contribution in [0.4, 0.5) is 8.78 Å². The van der Waals surface area contributed by atoms with Gasteiger partial charge in [0.2, 0.25) is 5.91 Å². The van der Waals surface area contributed by atoms with Crippen molar-refractivity contribution >= 4 is 29.7 Å². The molecule has 2 N–H and O–H groups in total. The fourth-order valence-electron chi connectivity index (χ4n) is 2.26. The fraction of sp³-hybridized carbons (Fsp3) is 0.692. The standard InChI is InChI=1S/C13H19F2N3OS.ClH/c1-7(2)11-8(3)20-10(18-11)5-16-12(19)9-4-13(14,15)6-17-9;/h7,9,17H,4-6H2,1-3H3,(H,16,19);1H. The molecule has 120 valence electrons. The van der Waals surface area contributed by atoms with Gasteiger partial charge in [-0.05, 0) is 12.8 Å². The predicted octanol–water partition coefficient (Wildman–Crippen LogP) is 2.61. The summed E-state index contributed by atoms with van der Waals surface area (Å²) < 4.78 is 26.0. The molecule has 1 atom stereocenters. The minimum atomic E-state index is -2.79. The Morgan fingerprint density at radius 3 is 2.71 bits per heavy atom. The van der Waals surface area contributed by atoms with Crippen LogP contribution in [0.15, 0.2) is 0 Å². The number of nitrogens with one attached hydrogen (secondary N) is 2. The predicted molar refractivity (Wildman–Crippen MR) is 81.4 cm³/mol. The van der Waals surface area contributed by atoms with Gasteiger partial charge in [0.25, 0.3) is 5.92 Å². The van der Waals surface area contributed by atoms with Gasteiger partial charge in [0.1, 0.15) is 5.01 Å². The van der Waals surface area contributed by atoms with E-state index in [4.69, 9.17) is 0 Å². The number of carbonyl (C=O) groups is 1. The molecule has 1 aliphatic heterocycles. The lowest BCUT2D eigenvalue weighted by Crippen LogP contribution is -2.40. The molecule has 1 saturated heterocycles. The first-order valence-corrected chi connectivity index (χ1v) is 7.45. The Balaban J connectivity index is 0.00000220. The molecular weight excluding hydrogens is 320 g/mol. The van der Waals surface area contributed by atoms with Crippen molar-refractivity contribution in [1.29, 1.82) is 0 Å². The van der Waals surface area contributed by atoms with Gasteiger partial charge in [0, 0.05) is 11.3 Å². The minimum absolute atomic E-state index is 0. The Bertz CT molecular complexity index is 508. The lowest BCUT2D eigenvalue weighted by atomic mass is 10.1. The summed E-state index contributed by atoms with van der Waals surface area (Å²) >= 11 is 1.53. The molecule has 0 bridgehead atoms. The van der Waals surface area contributed by atoms with Crippen LogP contribution in [-0.2, 0) is 11.3 Å². The summed E-state index contributed by atoms with van der Waals surface area (Å²) in [5.74, 6) is -2.84. The number of amides is 1. The van der Waals surface area contributed by atoms with E-state index in [0.717, 1.165) is 15.6 Å². The summed E-state index contributed by atoms with van der Waals surface area (Å²) in [6.07, 6.45) is -0.438. The first kappa shape index (κ1) is 18.3. The Labute approximate surface area is 133 Å². The maximum absolute atomic E-state index is 13.0. The lowest BCUT2D eigenvalue weighted by molar-refractivity contribution is -0.123. The zero-order chi connectivity index (χ0) is 14.9. The SMILES string of the molecule is Cc1sc(CNC(=O)C2CC(F)(F)CN2)nc1C(C)C.Cl. The molecule has 1 amide bonds. The molecule has 0 aromatic carbocycles. The normalized spacial score (nSPS) is 20.4. The van der Waals surface area contributed by atoms with Crippen molar-refractivity contribution in [3.8, 4) is 0 Å². The average Bonchev–Trinajstić information content (AvgIpc) is 2.89. The molecule has 0 radical (unpaired) electrons. The van der Waals surface area contributed by atoms with Crippen LogP contribution in [0.25, 0.3) is 0 Å². The second-order valence-corrected chi connectivity index (χ2v) is 6.70. The van der Waals surface area contributed by atoms with Gasteiger partial charge in [-0.25, -0.2) is 13.8 Å². The highest BCUT2D eigenvalue weighted by Gasteiger charge is 2.42. The summed E-state index contributed by atoms with van der Waals surface area (Å²) in [5, 5.41) is 6.02. The number of hydrogen-bond acceptors (Lipinski definition) is 4. The van der Waals surface area contributed by atoms with Crippen LogP contribution in [0.2, 0.25) is 0 Å². The summed E-state index contributed by atoms with van der Waals surface area (Å²) in [7, 11) is 0. The van der Waals surface area contributed by atoms with Gasteiger partial charge in [-0.15, -0.1) is 23.7 Å². The highest BCUT2D eigenvalue weighted by atomic mass is 35.5. The first-order chi connectivity index (χ1) is 9.28. The second-order valence-electron chi connectivity index (χ2n) is 5.42. The van der Waals surface area contributed by atoms with Crippen molar-refractivity contribution in [2.24, 2.45) is 0 Å². The summed E-state index contributed by atoms with van der Waals surface area (Å²) in [5.41, 5.74) is 1.03. The fourth-order valence-corrected chi connectivity index (χ4v) is 3.29. The van der Waals surface area contributed by atoms with E-state index in [-0.39, 0.29) is 18.3 Å². The molecule has 1 aromatic rings. The number of aryl methyl sites for hydroxylation is 1. The molecule has 1 aliphatic rings. The Hall–Kier alpha value is -0.790. The summed E-state index contributed by atoms with van der Waals surface area (Å²) in [4.78, 5) is 17.4. The Morgan fingerprint density at radius 1 is 1.57 bits per heavy atom. The van der Waals surface area contributed by atoms with E-state index < -0.39 is 24.9 Å². The average molecular weight is 340 g/mol. The van der Waals surface area contributed by atoms with Crippen molar-refractivity contribution in [1.82, 2.24) is 15.6 Å². The van der Waals surface area contributed by atoms with Crippen LogP contribution in [0.1, 0.15) is 41.8 Å². The number of hydrogen-bond donors (Lipinski definition) is 2. The quantitative estimate of drug-likeness (QED) is 0.886. The lowest BCUT2D eigenvalue weighted by Gasteiger charge is -2.10. The Morgan fingerprint density at radius 2 is 2.24 bits per heavy atom. The van der Waals surface area contributed by atoms with Crippen LogP contribution in [0.3, 0.4) is 0 Å². The third-order valence-corrected chi connectivity index (χ3v) is 4.25. The molecule has 0 spiro atoms. The van der Waals surface area contributed by atoms with Crippen molar-refractivity contribution in [2.75, 3.05) is 6.54 Å². The van der Waals surface area contributed by atoms with E-state index in [9.17, 15) is 13.6 Å². The minimum Gasteiger partial charge on any atom is -0.348 e. The van der Waals surface area contributed by atoms with Gasteiger partial charge in [-0.3, -0.25) is 10.1 Å². The molecule has 1 unspecified atom stereocenters. The molecular formula is C13H20ClF2N3OS. The number of rotatable bonds is 4. The van der Waals surface area contributed by atoms with Crippen LogP contribution in [0.5, 0.6) is 0 Å². The van der Waals surface area contributed by atoms with Crippen LogP contribution < -0.4 is 10.6 Å². The zero-order valence-electron chi connectivity index (χ0n) is 12.2. The van der Waals surface area contributed by atoms with Crippen molar-refractivity contribution in [2.45, 2.75) is 51.6 Å². The van der Waals surface area contributed by atoms with Gasteiger partial charge >= 0.3 is 0 Å². The number of carbonyl (C=O) groups excluding carboxylic acids is 1. The number of halogens is 3. The van der Waals surface area contributed by atoms with E-state index in [1.807, 2.05) is 6.92 Å². The van der Waals surface area contributed by atoms with Crippen molar-refractivity contribution in [3.63, 3.8) is 0 Å². The second kappa shape index (κ2) is 6.98. The van der Waals surface area contributed by atoms with Crippen LogP contribution in [0, 0.1) is 6.92 Å². The van der Waals surface area contributed by atoms with Crippen molar-refractivity contribution < 1.29 is 13.6 Å². The molecule has 1 aromatic heterocycles. The van der Waals surface area contributed by atoms with E-state index >= 15 is 0 Å². The number of nitrogens with zero attached hydrogens (tertiary/aromatic N) is 1. The van der Waals surface area contributed by atoms with Gasteiger partial charge in [0.05, 0.1) is 24.8 Å². The molecule has 21 heavy (non-hydrogen) atoms. The molecule has 0 saturated carbocycles. The summed E-state index contributed by atoms with van der Waals surface area (Å²) in [6, 6.07) is -0.810. The van der Waals surface area contributed by atoms with E-state index in [0.29, 0.717) is 12.5 Å². The Kier molecular flexibility index (Phi) is 6.07. The largest absolute Gasteiger partial charge is 0.348 e. The van der Waals surface area contributed by atoms with Gasteiger partial charge in [-0.1, -0.05) is 13.8 Å². The van der Waals surface area contributed by atoms with Gasteiger partial charge in [-0.2, -0.15) is 0 Å². The zero-order valence-corrected chi connectivity index (χ0v) is 13.8. The number of thiazole rings is 1. The molecule has 2 heterocycles. The highest BCUT2D eigenvalue weighted by molar-refractivity contribution is 7.11. The molecule has 4 nitrogen and oxygen atoms in total. The maximum atomic E-state index is 13.0. The summed E-state index contributed by atoms with van der Waals surface area (Å²) in [6.45, 7) is 5.99. The molecule has 1 fully saturated rings. The molecule has 0 aliphatic carbocycles. The first-order valence-electron chi connectivity index (χ1n) is 6.63. The van der Waals surface area contributed by atoms with E-state index in [1.165, 1.54) is 11.3 Å². The maximum Gasteiger partial charge on any atom is 0.262 e. The van der Waals surface area contributed by atoms with Crippen LogP contribution >= 0.6 is 23.7 Å². The highest BCUT2D eigenvalue weighted by Crippen LogP contribution is 2.26. The third kappa shape index (κ3) is 4.59. The number of aromatic nitrogens is 1. The van der Waals surface area contributed by atoms with Gasteiger partial charge in [0.15, 0.2) is 0 Å².